The van der Waals surface area contributed by atoms with E-state index in [2.05, 4.69) is 9.88 Å². The summed E-state index contributed by atoms with van der Waals surface area (Å²) in [5.74, 6) is 3.90. The van der Waals surface area contributed by atoms with E-state index in [0.717, 1.165) is 23.9 Å². The van der Waals surface area contributed by atoms with Gasteiger partial charge in [-0.15, -0.1) is 0 Å². The molecule has 0 radical (unpaired) electrons. The van der Waals surface area contributed by atoms with Crippen LogP contribution in [0.4, 0.5) is 11.6 Å². The van der Waals surface area contributed by atoms with Gasteiger partial charge in [0.1, 0.15) is 23.2 Å². The van der Waals surface area contributed by atoms with Gasteiger partial charge in [-0.25, -0.2) is 9.97 Å². The van der Waals surface area contributed by atoms with Crippen LogP contribution < -0.4 is 10.6 Å². The highest BCUT2D eigenvalue weighted by Crippen LogP contribution is 2.40. The highest BCUT2D eigenvalue weighted by Gasteiger charge is 2.33. The van der Waals surface area contributed by atoms with Crippen molar-refractivity contribution in [2.45, 2.75) is 44.2 Å². The fourth-order valence-electron chi connectivity index (χ4n) is 2.50. The van der Waals surface area contributed by atoms with Crippen LogP contribution in [0.3, 0.4) is 0 Å². The lowest BCUT2D eigenvalue weighted by atomic mass is 10.3. The molecule has 5 heteroatoms. The summed E-state index contributed by atoms with van der Waals surface area (Å²) < 4.78 is 5.47. The van der Waals surface area contributed by atoms with Gasteiger partial charge < -0.3 is 15.1 Å². The van der Waals surface area contributed by atoms with Crippen LogP contribution in [0, 0.1) is 0 Å². The van der Waals surface area contributed by atoms with E-state index in [9.17, 15) is 0 Å². The number of anilines is 2. The number of furan rings is 1. The lowest BCUT2D eigenvalue weighted by Gasteiger charge is -2.23. The molecular formula is C15H18N4O. The maximum atomic E-state index is 5.96. The molecule has 0 aromatic carbocycles. The first-order valence-electron chi connectivity index (χ1n) is 7.23. The van der Waals surface area contributed by atoms with Gasteiger partial charge in [-0.3, -0.25) is 0 Å². The molecule has 0 unspecified atom stereocenters. The van der Waals surface area contributed by atoms with E-state index in [1.165, 1.54) is 25.7 Å². The van der Waals surface area contributed by atoms with Crippen LogP contribution in [0.5, 0.6) is 0 Å². The van der Waals surface area contributed by atoms with Crippen molar-refractivity contribution in [3.63, 3.8) is 0 Å². The fourth-order valence-corrected chi connectivity index (χ4v) is 2.50. The average molecular weight is 270 g/mol. The fraction of sp³-hybridized carbons (Fsp3) is 0.467. The van der Waals surface area contributed by atoms with Crippen LogP contribution >= 0.6 is 0 Å². The molecule has 104 valence electrons. The van der Waals surface area contributed by atoms with Crippen LogP contribution in [-0.4, -0.2) is 16.0 Å². The lowest BCUT2D eigenvalue weighted by molar-refractivity contribution is 0.500. The van der Waals surface area contributed by atoms with Crippen LogP contribution in [-0.2, 0) is 6.54 Å². The molecule has 0 spiro atoms. The Hall–Kier alpha value is -2.04. The minimum Gasteiger partial charge on any atom is -0.467 e. The van der Waals surface area contributed by atoms with E-state index in [-0.39, 0.29) is 0 Å². The van der Waals surface area contributed by atoms with Gasteiger partial charge >= 0.3 is 0 Å². The molecule has 2 aliphatic carbocycles. The third-order valence-corrected chi connectivity index (χ3v) is 3.88. The van der Waals surface area contributed by atoms with Gasteiger partial charge in [0.2, 0.25) is 0 Å². The number of hydrogen-bond donors (Lipinski definition) is 1. The van der Waals surface area contributed by atoms with Crippen molar-refractivity contribution in [3.8, 4) is 0 Å². The van der Waals surface area contributed by atoms with Gasteiger partial charge in [0, 0.05) is 18.0 Å². The van der Waals surface area contributed by atoms with Crippen LogP contribution in [0.15, 0.2) is 28.9 Å². The Balaban J connectivity index is 1.65. The number of nitrogens with zero attached hydrogens (tertiary/aromatic N) is 3. The lowest BCUT2D eigenvalue weighted by Crippen LogP contribution is -2.26. The third kappa shape index (κ3) is 2.35. The smallest absolute Gasteiger partial charge is 0.136 e. The molecule has 2 N–H and O–H groups in total. The van der Waals surface area contributed by atoms with Gasteiger partial charge in [0.25, 0.3) is 0 Å². The summed E-state index contributed by atoms with van der Waals surface area (Å²) in [5.41, 5.74) is 5.96. The minimum atomic E-state index is 0.516. The van der Waals surface area contributed by atoms with Crippen molar-refractivity contribution in [3.05, 3.63) is 36.0 Å². The highest BCUT2D eigenvalue weighted by molar-refractivity contribution is 5.49. The molecule has 2 aromatic heterocycles. The molecule has 0 saturated heterocycles. The SMILES string of the molecule is Nc1cc(N(Cc2ccco2)C2CC2)nc(C2CC2)n1. The first-order chi connectivity index (χ1) is 9.79. The number of nitrogens with two attached hydrogens (primary N) is 1. The maximum absolute atomic E-state index is 5.96. The van der Waals surface area contributed by atoms with Crippen molar-refractivity contribution < 1.29 is 4.42 Å². The second-order valence-corrected chi connectivity index (χ2v) is 5.72. The number of rotatable bonds is 5. The molecular weight excluding hydrogens is 252 g/mol. The molecule has 4 rings (SSSR count). The quantitative estimate of drug-likeness (QED) is 0.904. The number of aromatic nitrogens is 2. The Morgan fingerprint density at radius 1 is 1.25 bits per heavy atom. The topological polar surface area (TPSA) is 68.2 Å². The summed E-state index contributed by atoms with van der Waals surface area (Å²) in [6.45, 7) is 0.748. The monoisotopic (exact) mass is 270 g/mol. The Morgan fingerprint density at radius 2 is 2.10 bits per heavy atom. The predicted octanol–water partition coefficient (Wildman–Crippen LogP) is 2.70. The van der Waals surface area contributed by atoms with Gasteiger partial charge in [-0.2, -0.15) is 0 Å². The standard InChI is InChI=1S/C15H18N4O/c16-13-8-14(18-15(17-13)10-3-4-10)19(11-5-6-11)9-12-2-1-7-20-12/h1-2,7-8,10-11H,3-6,9H2,(H2,16,17,18). The van der Waals surface area contributed by atoms with Crippen molar-refractivity contribution in [1.29, 1.82) is 0 Å². The summed E-state index contributed by atoms with van der Waals surface area (Å²) in [7, 11) is 0. The van der Waals surface area contributed by atoms with Gasteiger partial charge in [0.15, 0.2) is 0 Å². The van der Waals surface area contributed by atoms with Crippen LogP contribution in [0.2, 0.25) is 0 Å². The van der Waals surface area contributed by atoms with E-state index in [1.54, 1.807) is 6.26 Å². The van der Waals surface area contributed by atoms with E-state index >= 15 is 0 Å². The first-order valence-corrected chi connectivity index (χ1v) is 7.23. The van der Waals surface area contributed by atoms with E-state index in [4.69, 9.17) is 15.1 Å². The zero-order valence-corrected chi connectivity index (χ0v) is 11.3. The zero-order valence-electron chi connectivity index (χ0n) is 11.3. The molecule has 2 saturated carbocycles. The second kappa shape index (κ2) is 4.51. The molecule has 0 amide bonds. The molecule has 0 atom stereocenters. The molecule has 2 heterocycles. The van der Waals surface area contributed by atoms with E-state index in [0.29, 0.717) is 17.8 Å². The van der Waals surface area contributed by atoms with Crippen LogP contribution in [0.25, 0.3) is 0 Å². The highest BCUT2D eigenvalue weighted by atomic mass is 16.3. The Kier molecular flexibility index (Phi) is 2.65. The number of hydrogen-bond acceptors (Lipinski definition) is 5. The van der Waals surface area contributed by atoms with Gasteiger partial charge in [0.05, 0.1) is 12.8 Å². The molecule has 2 aliphatic rings. The van der Waals surface area contributed by atoms with E-state index < -0.39 is 0 Å². The maximum Gasteiger partial charge on any atom is 0.136 e. The summed E-state index contributed by atoms with van der Waals surface area (Å²) in [6, 6.07) is 6.36. The summed E-state index contributed by atoms with van der Waals surface area (Å²) in [4.78, 5) is 11.4. The summed E-state index contributed by atoms with van der Waals surface area (Å²) in [6.07, 6.45) is 6.51. The zero-order chi connectivity index (χ0) is 13.5. The predicted molar refractivity (Wildman–Crippen MR) is 76.3 cm³/mol. The molecule has 2 fully saturated rings. The molecule has 5 nitrogen and oxygen atoms in total. The second-order valence-electron chi connectivity index (χ2n) is 5.72. The van der Waals surface area contributed by atoms with Gasteiger partial charge in [-0.1, -0.05) is 0 Å². The van der Waals surface area contributed by atoms with Crippen molar-refractivity contribution >= 4 is 11.6 Å². The largest absolute Gasteiger partial charge is 0.467 e. The van der Waals surface area contributed by atoms with Crippen molar-refractivity contribution in [2.75, 3.05) is 10.6 Å². The Bertz CT molecular complexity index is 602. The Labute approximate surface area is 117 Å². The molecule has 20 heavy (non-hydrogen) atoms. The third-order valence-electron chi connectivity index (χ3n) is 3.88. The molecule has 0 bridgehead atoms. The Morgan fingerprint density at radius 3 is 2.75 bits per heavy atom. The molecule has 2 aromatic rings. The van der Waals surface area contributed by atoms with E-state index in [1.807, 2.05) is 18.2 Å². The normalized spacial score (nSPS) is 18.2. The van der Waals surface area contributed by atoms with Crippen molar-refractivity contribution in [1.82, 2.24) is 9.97 Å². The summed E-state index contributed by atoms with van der Waals surface area (Å²) in [5, 5.41) is 0. The van der Waals surface area contributed by atoms with Crippen LogP contribution in [0.1, 0.15) is 43.2 Å². The van der Waals surface area contributed by atoms with Gasteiger partial charge in [-0.05, 0) is 37.8 Å². The molecule has 0 aliphatic heterocycles. The average Bonchev–Trinajstić information content (AvgIpc) is 3.35. The first kappa shape index (κ1) is 11.8. The minimum absolute atomic E-state index is 0.516. The number of nitrogen functional groups attached to an aromatic ring is 1. The summed E-state index contributed by atoms with van der Waals surface area (Å²) >= 11 is 0. The van der Waals surface area contributed by atoms with Crippen molar-refractivity contribution in [2.24, 2.45) is 0 Å².